The molecule has 0 saturated carbocycles. The van der Waals surface area contributed by atoms with Gasteiger partial charge in [0, 0.05) is 30.8 Å². The van der Waals surface area contributed by atoms with Crippen LogP contribution in [0.25, 0.3) is 0 Å². The van der Waals surface area contributed by atoms with E-state index >= 15 is 0 Å². The summed E-state index contributed by atoms with van der Waals surface area (Å²) in [5, 5.41) is 25.5. The maximum Gasteiger partial charge on any atom is 0.254 e. The van der Waals surface area contributed by atoms with Crippen molar-refractivity contribution in [1.82, 2.24) is 15.5 Å². The largest absolute Gasteiger partial charge is 0.492 e. The van der Waals surface area contributed by atoms with E-state index in [-0.39, 0.29) is 23.6 Å². The molecule has 3 aromatic rings. The van der Waals surface area contributed by atoms with Crippen molar-refractivity contribution < 1.29 is 29.0 Å². The maximum absolute atomic E-state index is 13.5. The number of hydrogen-bond acceptors (Lipinski definition) is 7. The molecule has 0 atom stereocenters. The number of carbonyl (C=O) groups excluding carboxylic acids is 2. The van der Waals surface area contributed by atoms with Crippen molar-refractivity contribution in [3.8, 4) is 5.75 Å². The molecular formula is C26H29N3O6. The zero-order valence-electron chi connectivity index (χ0n) is 19.5. The van der Waals surface area contributed by atoms with Crippen LogP contribution in [0, 0.1) is 0 Å². The lowest BCUT2D eigenvalue weighted by atomic mass is 9.97. The first-order chi connectivity index (χ1) is 17.0. The van der Waals surface area contributed by atoms with Gasteiger partial charge in [0.25, 0.3) is 11.8 Å². The normalized spacial score (nSPS) is 12.5. The number of benzene rings is 2. The van der Waals surface area contributed by atoms with Crippen LogP contribution < -0.4 is 15.4 Å². The van der Waals surface area contributed by atoms with Gasteiger partial charge >= 0.3 is 0 Å². The Hall–Kier alpha value is -3.66. The molecule has 0 unspecified atom stereocenters. The molecule has 184 valence electrons. The fraction of sp³-hybridized carbons (Fsp3) is 0.308. The van der Waals surface area contributed by atoms with Gasteiger partial charge in [-0.15, -0.1) is 0 Å². The second kappa shape index (κ2) is 11.2. The van der Waals surface area contributed by atoms with Gasteiger partial charge in [0.15, 0.2) is 0 Å². The molecule has 0 spiro atoms. The van der Waals surface area contributed by atoms with Gasteiger partial charge < -0.3 is 34.9 Å². The smallest absolute Gasteiger partial charge is 0.254 e. The Kier molecular flexibility index (Phi) is 7.81. The number of likely N-dealkylation sites (N-methyl/N-ethyl adjacent to an activating group) is 1. The molecule has 35 heavy (non-hydrogen) atoms. The van der Waals surface area contributed by atoms with Crippen LogP contribution in [0.2, 0.25) is 0 Å². The molecule has 1 aromatic heterocycles. The van der Waals surface area contributed by atoms with E-state index in [1.807, 2.05) is 25.2 Å². The van der Waals surface area contributed by atoms with E-state index in [0.717, 1.165) is 23.4 Å². The Labute approximate surface area is 203 Å². The Balaban J connectivity index is 1.54. The topological polar surface area (TPSA) is 124 Å². The van der Waals surface area contributed by atoms with Crippen LogP contribution in [0.5, 0.6) is 5.75 Å². The molecule has 1 aliphatic rings. The van der Waals surface area contributed by atoms with E-state index < -0.39 is 19.1 Å². The molecule has 2 amide bonds. The van der Waals surface area contributed by atoms with Crippen LogP contribution >= 0.6 is 0 Å². The van der Waals surface area contributed by atoms with Crippen LogP contribution in [0.15, 0.2) is 53.1 Å². The van der Waals surface area contributed by atoms with Crippen molar-refractivity contribution in [2.75, 3.05) is 20.2 Å². The van der Waals surface area contributed by atoms with Crippen molar-refractivity contribution in [3.05, 3.63) is 87.9 Å². The summed E-state index contributed by atoms with van der Waals surface area (Å²) in [5.74, 6) is 0.577. The number of nitrogens with zero attached hydrogens (tertiary/aromatic N) is 1. The highest BCUT2D eigenvalue weighted by Gasteiger charge is 2.28. The Bertz CT molecular complexity index is 1190. The van der Waals surface area contributed by atoms with Crippen LogP contribution in [0.4, 0.5) is 0 Å². The number of furan rings is 1. The molecule has 0 radical (unpaired) electrons. The highest BCUT2D eigenvalue weighted by molar-refractivity contribution is 6.01. The number of aliphatic hydroxyl groups excluding tert-OH is 2. The van der Waals surface area contributed by atoms with Gasteiger partial charge in [-0.3, -0.25) is 9.59 Å². The van der Waals surface area contributed by atoms with Gasteiger partial charge in [-0.05, 0) is 65.7 Å². The standard InChI is InChI=1S/C26H29N3O6/c1-27-6-8-35-21-5-4-17-13-29(14-18(17)10-21)26(33)24-11-23(19(15-30)9-20(24)16-31)25(32)28-12-22-3-2-7-34-22/h2-5,7,9-11,27,30-31H,6,8,12-16H2,1H3,(H,28,32). The molecule has 1 aliphatic heterocycles. The van der Waals surface area contributed by atoms with Gasteiger partial charge in [-0.2, -0.15) is 0 Å². The van der Waals surface area contributed by atoms with E-state index in [2.05, 4.69) is 10.6 Å². The second-order valence-electron chi connectivity index (χ2n) is 8.29. The molecule has 4 rings (SSSR count). The zero-order chi connectivity index (χ0) is 24.8. The molecule has 9 heteroatoms. The summed E-state index contributed by atoms with van der Waals surface area (Å²) in [6, 6.07) is 12.2. The molecule has 2 aromatic carbocycles. The number of ether oxygens (including phenoxy) is 1. The Morgan fingerprint density at radius 2 is 1.80 bits per heavy atom. The third-order valence-corrected chi connectivity index (χ3v) is 5.96. The van der Waals surface area contributed by atoms with Gasteiger partial charge in [0.05, 0.1) is 26.0 Å². The molecule has 0 aliphatic carbocycles. The van der Waals surface area contributed by atoms with Gasteiger partial charge in [0.2, 0.25) is 0 Å². The Morgan fingerprint density at radius 3 is 2.51 bits per heavy atom. The predicted octanol–water partition coefficient (Wildman–Crippen LogP) is 1.95. The zero-order valence-corrected chi connectivity index (χ0v) is 19.5. The summed E-state index contributed by atoms with van der Waals surface area (Å²) in [5.41, 5.74) is 3.11. The molecule has 9 nitrogen and oxygen atoms in total. The SMILES string of the molecule is CNCCOc1ccc2c(c1)CN(C(=O)c1cc(C(=O)NCc3ccco3)c(CO)cc1CO)C2. The van der Waals surface area contributed by atoms with Crippen molar-refractivity contribution in [1.29, 1.82) is 0 Å². The first-order valence-electron chi connectivity index (χ1n) is 11.4. The van der Waals surface area contributed by atoms with E-state index in [4.69, 9.17) is 9.15 Å². The number of nitrogens with one attached hydrogen (secondary N) is 2. The van der Waals surface area contributed by atoms with Crippen LogP contribution in [-0.2, 0) is 32.8 Å². The average Bonchev–Trinajstić information content (AvgIpc) is 3.56. The first kappa shape index (κ1) is 24.5. The predicted molar refractivity (Wildman–Crippen MR) is 128 cm³/mol. The third-order valence-electron chi connectivity index (χ3n) is 5.96. The van der Waals surface area contributed by atoms with E-state index in [9.17, 15) is 19.8 Å². The lowest BCUT2D eigenvalue weighted by Gasteiger charge is -2.19. The summed E-state index contributed by atoms with van der Waals surface area (Å²) in [7, 11) is 1.86. The fourth-order valence-electron chi connectivity index (χ4n) is 4.09. The minimum atomic E-state index is -0.447. The fourth-order valence-corrected chi connectivity index (χ4v) is 4.09. The minimum absolute atomic E-state index is 0.169. The lowest BCUT2D eigenvalue weighted by molar-refractivity contribution is 0.0748. The minimum Gasteiger partial charge on any atom is -0.492 e. The average molecular weight is 480 g/mol. The maximum atomic E-state index is 13.5. The molecule has 0 bridgehead atoms. The van der Waals surface area contributed by atoms with E-state index in [1.54, 1.807) is 17.0 Å². The number of amides is 2. The first-order valence-corrected chi connectivity index (χ1v) is 11.4. The molecule has 2 heterocycles. The molecule has 0 fully saturated rings. The number of fused-ring (bicyclic) bond motifs is 1. The molecule has 0 saturated heterocycles. The number of carbonyl (C=O) groups is 2. The van der Waals surface area contributed by atoms with Gasteiger partial charge in [0.1, 0.15) is 18.1 Å². The van der Waals surface area contributed by atoms with Crippen molar-refractivity contribution in [2.45, 2.75) is 32.8 Å². The third kappa shape index (κ3) is 5.54. The summed E-state index contributed by atoms with van der Waals surface area (Å²) in [4.78, 5) is 28.0. The Morgan fingerprint density at radius 1 is 1.03 bits per heavy atom. The summed E-state index contributed by atoms with van der Waals surface area (Å²) >= 11 is 0. The number of hydrogen-bond donors (Lipinski definition) is 4. The van der Waals surface area contributed by atoms with Crippen molar-refractivity contribution in [2.24, 2.45) is 0 Å². The van der Waals surface area contributed by atoms with Gasteiger partial charge in [-0.25, -0.2) is 0 Å². The second-order valence-corrected chi connectivity index (χ2v) is 8.29. The monoisotopic (exact) mass is 479 g/mol. The van der Waals surface area contributed by atoms with Crippen molar-refractivity contribution >= 4 is 11.8 Å². The van der Waals surface area contributed by atoms with Crippen molar-refractivity contribution in [3.63, 3.8) is 0 Å². The highest BCUT2D eigenvalue weighted by atomic mass is 16.5. The van der Waals surface area contributed by atoms with Crippen LogP contribution in [-0.4, -0.2) is 47.1 Å². The highest BCUT2D eigenvalue weighted by Crippen LogP contribution is 2.29. The lowest BCUT2D eigenvalue weighted by Crippen LogP contribution is -2.28. The number of aliphatic hydroxyl groups is 2. The summed E-state index contributed by atoms with van der Waals surface area (Å²) in [6.45, 7) is 1.44. The van der Waals surface area contributed by atoms with E-state index in [1.165, 1.54) is 18.4 Å². The van der Waals surface area contributed by atoms with E-state index in [0.29, 0.717) is 36.6 Å². The molecule has 4 N–H and O–H groups in total. The van der Waals surface area contributed by atoms with Gasteiger partial charge in [-0.1, -0.05) is 6.07 Å². The van der Waals surface area contributed by atoms with Crippen LogP contribution in [0.1, 0.15) is 48.7 Å². The summed E-state index contributed by atoms with van der Waals surface area (Å²) < 4.78 is 11.0. The summed E-state index contributed by atoms with van der Waals surface area (Å²) in [6.07, 6.45) is 1.51. The van der Waals surface area contributed by atoms with Crippen LogP contribution in [0.3, 0.4) is 0 Å². The number of rotatable bonds is 10. The quantitative estimate of drug-likeness (QED) is 0.328. The molecular weight excluding hydrogens is 450 g/mol.